The van der Waals surface area contributed by atoms with E-state index in [4.69, 9.17) is 5.73 Å². The molecule has 3 nitrogen and oxygen atoms in total. The number of carbonyl (C=O) groups is 1. The van der Waals surface area contributed by atoms with Crippen LogP contribution in [0.3, 0.4) is 0 Å². The van der Waals surface area contributed by atoms with Crippen LogP contribution in [0.5, 0.6) is 0 Å². The zero-order valence-electron chi connectivity index (χ0n) is 11.6. The second-order valence-corrected chi connectivity index (χ2v) is 5.00. The Labute approximate surface area is 107 Å². The van der Waals surface area contributed by atoms with Crippen molar-refractivity contribution in [2.75, 3.05) is 13.1 Å². The summed E-state index contributed by atoms with van der Waals surface area (Å²) >= 11 is 0. The largest absolute Gasteiger partial charge is 0.356 e. The molecule has 3 heteroatoms. The number of nitrogens with two attached hydrogens (primary N) is 1. The molecule has 0 aromatic heterocycles. The van der Waals surface area contributed by atoms with Crippen LogP contribution in [-0.2, 0) is 4.79 Å². The van der Waals surface area contributed by atoms with Crippen LogP contribution in [0.1, 0.15) is 65.2 Å². The summed E-state index contributed by atoms with van der Waals surface area (Å²) in [6.45, 7) is 5.81. The third-order valence-electron chi connectivity index (χ3n) is 3.06. The van der Waals surface area contributed by atoms with E-state index in [0.29, 0.717) is 18.9 Å². The first-order chi connectivity index (χ1) is 8.20. The van der Waals surface area contributed by atoms with Gasteiger partial charge in [0.25, 0.3) is 0 Å². The summed E-state index contributed by atoms with van der Waals surface area (Å²) in [7, 11) is 0. The molecule has 0 aromatic carbocycles. The Morgan fingerprint density at radius 2 is 1.82 bits per heavy atom. The fourth-order valence-corrected chi connectivity index (χ4v) is 1.83. The lowest BCUT2D eigenvalue weighted by atomic mass is 10.1. The molecular weight excluding hydrogens is 212 g/mol. The average molecular weight is 242 g/mol. The summed E-state index contributed by atoms with van der Waals surface area (Å²) in [6, 6.07) is 0. The Bertz CT molecular complexity index is 183. The maximum atomic E-state index is 11.5. The molecule has 1 amide bonds. The van der Waals surface area contributed by atoms with Crippen molar-refractivity contribution in [3.05, 3.63) is 0 Å². The number of carbonyl (C=O) groups excluding carboxylic acids is 1. The first-order valence-electron chi connectivity index (χ1n) is 7.17. The molecule has 0 radical (unpaired) electrons. The predicted molar refractivity (Wildman–Crippen MR) is 73.8 cm³/mol. The highest BCUT2D eigenvalue weighted by Crippen LogP contribution is 2.06. The molecule has 17 heavy (non-hydrogen) atoms. The van der Waals surface area contributed by atoms with E-state index < -0.39 is 0 Å². The van der Waals surface area contributed by atoms with Crippen LogP contribution in [0.2, 0.25) is 0 Å². The van der Waals surface area contributed by atoms with Crippen LogP contribution in [0.4, 0.5) is 0 Å². The molecule has 0 heterocycles. The second-order valence-electron chi connectivity index (χ2n) is 5.00. The van der Waals surface area contributed by atoms with Gasteiger partial charge in [-0.15, -0.1) is 0 Å². The normalized spacial score (nSPS) is 12.4. The minimum Gasteiger partial charge on any atom is -0.356 e. The van der Waals surface area contributed by atoms with E-state index in [0.717, 1.165) is 19.4 Å². The van der Waals surface area contributed by atoms with Gasteiger partial charge in [0.05, 0.1) is 0 Å². The molecule has 0 aliphatic heterocycles. The third kappa shape index (κ3) is 11.7. The fourth-order valence-electron chi connectivity index (χ4n) is 1.83. The van der Waals surface area contributed by atoms with E-state index in [1.165, 1.54) is 32.1 Å². The van der Waals surface area contributed by atoms with Crippen molar-refractivity contribution in [2.24, 2.45) is 11.7 Å². The SMILES string of the molecule is CCCCCCCCC(=O)NCC(C)CCN. The van der Waals surface area contributed by atoms with Gasteiger partial charge in [0.1, 0.15) is 0 Å². The van der Waals surface area contributed by atoms with Crippen LogP contribution < -0.4 is 11.1 Å². The van der Waals surface area contributed by atoms with E-state index in [-0.39, 0.29) is 5.91 Å². The van der Waals surface area contributed by atoms with E-state index in [9.17, 15) is 4.79 Å². The Balaban J connectivity index is 3.28. The van der Waals surface area contributed by atoms with E-state index in [1.54, 1.807) is 0 Å². The molecule has 0 fully saturated rings. The standard InChI is InChI=1S/C14H30N2O/c1-3-4-5-6-7-8-9-14(17)16-12-13(2)10-11-15/h13H,3-12,15H2,1-2H3,(H,16,17). The first kappa shape index (κ1) is 16.4. The maximum Gasteiger partial charge on any atom is 0.220 e. The Hall–Kier alpha value is -0.570. The molecule has 0 rings (SSSR count). The van der Waals surface area contributed by atoms with Crippen molar-refractivity contribution in [3.8, 4) is 0 Å². The van der Waals surface area contributed by atoms with Crippen molar-refractivity contribution in [1.82, 2.24) is 5.32 Å². The van der Waals surface area contributed by atoms with Crippen molar-refractivity contribution in [2.45, 2.75) is 65.2 Å². The van der Waals surface area contributed by atoms with Crippen molar-refractivity contribution in [3.63, 3.8) is 0 Å². The highest BCUT2D eigenvalue weighted by molar-refractivity contribution is 5.75. The monoisotopic (exact) mass is 242 g/mol. The van der Waals surface area contributed by atoms with E-state index >= 15 is 0 Å². The Kier molecular flexibility index (Phi) is 11.5. The minimum atomic E-state index is 0.198. The average Bonchev–Trinajstić information content (AvgIpc) is 2.31. The van der Waals surface area contributed by atoms with Gasteiger partial charge < -0.3 is 11.1 Å². The van der Waals surface area contributed by atoms with Gasteiger partial charge in [0, 0.05) is 13.0 Å². The number of rotatable bonds is 11. The molecule has 102 valence electrons. The van der Waals surface area contributed by atoms with E-state index in [2.05, 4.69) is 19.2 Å². The maximum absolute atomic E-state index is 11.5. The molecule has 1 unspecified atom stereocenters. The van der Waals surface area contributed by atoms with Crippen molar-refractivity contribution >= 4 is 5.91 Å². The fraction of sp³-hybridized carbons (Fsp3) is 0.929. The lowest BCUT2D eigenvalue weighted by Crippen LogP contribution is -2.28. The van der Waals surface area contributed by atoms with Crippen molar-refractivity contribution in [1.29, 1.82) is 0 Å². The molecule has 3 N–H and O–H groups in total. The lowest BCUT2D eigenvalue weighted by molar-refractivity contribution is -0.121. The van der Waals surface area contributed by atoms with Gasteiger partial charge in [-0.2, -0.15) is 0 Å². The van der Waals surface area contributed by atoms with Gasteiger partial charge >= 0.3 is 0 Å². The second kappa shape index (κ2) is 11.9. The van der Waals surface area contributed by atoms with Gasteiger partial charge in [-0.1, -0.05) is 46.0 Å². The van der Waals surface area contributed by atoms with Gasteiger partial charge in [0.2, 0.25) is 5.91 Å². The summed E-state index contributed by atoms with van der Waals surface area (Å²) in [4.78, 5) is 11.5. The number of unbranched alkanes of at least 4 members (excludes halogenated alkanes) is 5. The van der Waals surface area contributed by atoms with Crippen LogP contribution >= 0.6 is 0 Å². The van der Waals surface area contributed by atoms with Gasteiger partial charge in [-0.05, 0) is 25.3 Å². The molecule has 0 saturated carbocycles. The topological polar surface area (TPSA) is 55.1 Å². The Morgan fingerprint density at radius 3 is 2.47 bits per heavy atom. The molecule has 0 saturated heterocycles. The molecule has 0 aliphatic rings. The summed E-state index contributed by atoms with van der Waals surface area (Å²) in [5, 5.41) is 2.97. The summed E-state index contributed by atoms with van der Waals surface area (Å²) in [6.07, 6.45) is 9.06. The van der Waals surface area contributed by atoms with Gasteiger partial charge in [-0.25, -0.2) is 0 Å². The number of hydrogen-bond donors (Lipinski definition) is 2. The van der Waals surface area contributed by atoms with Crippen LogP contribution in [0, 0.1) is 5.92 Å². The zero-order valence-corrected chi connectivity index (χ0v) is 11.6. The van der Waals surface area contributed by atoms with Gasteiger partial charge in [0.15, 0.2) is 0 Å². The molecule has 0 bridgehead atoms. The summed E-state index contributed by atoms with van der Waals surface area (Å²) in [5.41, 5.74) is 5.46. The van der Waals surface area contributed by atoms with Crippen molar-refractivity contribution < 1.29 is 4.79 Å². The highest BCUT2D eigenvalue weighted by Gasteiger charge is 2.04. The highest BCUT2D eigenvalue weighted by atomic mass is 16.1. The lowest BCUT2D eigenvalue weighted by Gasteiger charge is -2.11. The molecule has 0 aliphatic carbocycles. The predicted octanol–water partition coefficient (Wildman–Crippen LogP) is 2.84. The zero-order chi connectivity index (χ0) is 12.9. The quantitative estimate of drug-likeness (QED) is 0.547. The number of amides is 1. The Morgan fingerprint density at radius 1 is 1.18 bits per heavy atom. The summed E-state index contributed by atoms with van der Waals surface area (Å²) < 4.78 is 0. The summed E-state index contributed by atoms with van der Waals surface area (Å²) in [5.74, 6) is 0.692. The first-order valence-corrected chi connectivity index (χ1v) is 7.17. The van der Waals surface area contributed by atoms with Gasteiger partial charge in [-0.3, -0.25) is 4.79 Å². The molecule has 0 aromatic rings. The number of nitrogens with one attached hydrogen (secondary N) is 1. The minimum absolute atomic E-state index is 0.198. The smallest absolute Gasteiger partial charge is 0.220 e. The van der Waals surface area contributed by atoms with E-state index in [1.807, 2.05) is 0 Å². The van der Waals surface area contributed by atoms with Crippen LogP contribution in [0.15, 0.2) is 0 Å². The number of hydrogen-bond acceptors (Lipinski definition) is 2. The molecule has 1 atom stereocenters. The molecular formula is C14H30N2O. The van der Waals surface area contributed by atoms with Crippen LogP contribution in [0.25, 0.3) is 0 Å². The third-order valence-corrected chi connectivity index (χ3v) is 3.06. The van der Waals surface area contributed by atoms with Crippen LogP contribution in [-0.4, -0.2) is 19.0 Å². The molecule has 0 spiro atoms.